The molecule has 1 amide bonds. The lowest BCUT2D eigenvalue weighted by Gasteiger charge is -2.36. The monoisotopic (exact) mass is 440 g/mol. The highest BCUT2D eigenvalue weighted by Gasteiger charge is 2.22. The molecule has 0 aliphatic carbocycles. The van der Waals surface area contributed by atoms with E-state index < -0.39 is 0 Å². The lowest BCUT2D eigenvalue weighted by atomic mass is 10.1. The van der Waals surface area contributed by atoms with Crippen LogP contribution < -0.4 is 15.2 Å². The van der Waals surface area contributed by atoms with Gasteiger partial charge in [-0.2, -0.15) is 0 Å². The molecule has 7 nitrogen and oxygen atoms in total. The van der Waals surface area contributed by atoms with Gasteiger partial charge in [0.15, 0.2) is 0 Å². The molecule has 0 atom stereocenters. The summed E-state index contributed by atoms with van der Waals surface area (Å²) in [5.41, 5.74) is 2.44. The zero-order chi connectivity index (χ0) is 22.6. The third-order valence-corrected chi connectivity index (χ3v) is 5.90. The molecule has 1 saturated heterocycles. The molecule has 1 fully saturated rings. The molecule has 166 valence electrons. The second-order valence-electron chi connectivity index (χ2n) is 8.01. The van der Waals surface area contributed by atoms with Gasteiger partial charge in [0, 0.05) is 37.4 Å². The number of hydrogen-bond acceptors (Lipinski definition) is 5. The molecule has 0 radical (unpaired) electrons. The van der Waals surface area contributed by atoms with Crippen molar-refractivity contribution in [2.45, 2.75) is 6.61 Å². The first kappa shape index (κ1) is 20.8. The zero-order valence-corrected chi connectivity index (χ0v) is 18.1. The zero-order valence-electron chi connectivity index (χ0n) is 18.1. The first-order chi connectivity index (χ1) is 16.2. The van der Waals surface area contributed by atoms with Crippen LogP contribution in [-0.2, 0) is 6.61 Å². The first-order valence-electron chi connectivity index (χ1n) is 11.0. The quantitative estimate of drug-likeness (QED) is 0.514. The second kappa shape index (κ2) is 9.16. The Morgan fingerprint density at radius 2 is 1.61 bits per heavy atom. The fourth-order valence-electron chi connectivity index (χ4n) is 4.13. The Labute approximate surface area is 191 Å². The molecule has 1 aliphatic rings. The van der Waals surface area contributed by atoms with Crippen LogP contribution >= 0.6 is 0 Å². The van der Waals surface area contributed by atoms with Gasteiger partial charge in [-0.25, -0.2) is 5.10 Å². The molecule has 1 aromatic heterocycles. The number of hydrogen-bond donors (Lipinski definition) is 1. The number of anilines is 1. The molecule has 1 aliphatic heterocycles. The molecular weight excluding hydrogens is 416 g/mol. The van der Waals surface area contributed by atoms with Gasteiger partial charge in [-0.3, -0.25) is 9.59 Å². The van der Waals surface area contributed by atoms with Crippen LogP contribution in [0.3, 0.4) is 0 Å². The van der Waals surface area contributed by atoms with Crippen molar-refractivity contribution < 1.29 is 9.53 Å². The van der Waals surface area contributed by atoms with Crippen molar-refractivity contribution in [2.24, 2.45) is 0 Å². The molecule has 5 rings (SSSR count). The van der Waals surface area contributed by atoms with Gasteiger partial charge < -0.3 is 14.5 Å². The highest BCUT2D eigenvalue weighted by atomic mass is 16.5. The summed E-state index contributed by atoms with van der Waals surface area (Å²) >= 11 is 0. The number of nitrogens with one attached hydrogen (secondary N) is 1. The number of H-pyrrole nitrogens is 1. The number of piperazine rings is 1. The number of aromatic amines is 1. The number of aromatic nitrogens is 2. The molecule has 2 heterocycles. The Morgan fingerprint density at radius 1 is 0.879 bits per heavy atom. The Kier molecular flexibility index (Phi) is 5.76. The third-order valence-electron chi connectivity index (χ3n) is 5.90. The summed E-state index contributed by atoms with van der Waals surface area (Å²) in [6.07, 6.45) is 0. The van der Waals surface area contributed by atoms with Crippen LogP contribution in [0.15, 0.2) is 83.7 Å². The SMILES string of the molecule is O=C(c1cccc(COc2n[nH]c(=O)c3ccccc23)c1)N1CCN(c2ccccc2)CC1. The predicted molar refractivity (Wildman–Crippen MR) is 128 cm³/mol. The van der Waals surface area contributed by atoms with Crippen molar-refractivity contribution in [3.05, 3.63) is 100 Å². The lowest BCUT2D eigenvalue weighted by molar-refractivity contribution is 0.0746. The number of benzene rings is 3. The van der Waals surface area contributed by atoms with Gasteiger partial charge in [0.25, 0.3) is 11.5 Å². The smallest absolute Gasteiger partial charge is 0.272 e. The fraction of sp³-hybridized carbons (Fsp3) is 0.192. The number of ether oxygens (including phenoxy) is 1. The topological polar surface area (TPSA) is 78.5 Å². The molecule has 33 heavy (non-hydrogen) atoms. The third kappa shape index (κ3) is 4.43. The molecule has 0 unspecified atom stereocenters. The summed E-state index contributed by atoms with van der Waals surface area (Å²) in [7, 11) is 0. The minimum absolute atomic E-state index is 0.0252. The predicted octanol–water partition coefficient (Wildman–Crippen LogP) is 3.46. The summed E-state index contributed by atoms with van der Waals surface area (Å²) in [4.78, 5) is 29.3. The largest absolute Gasteiger partial charge is 0.471 e. The highest BCUT2D eigenvalue weighted by molar-refractivity contribution is 5.94. The molecule has 0 spiro atoms. The normalized spacial score (nSPS) is 13.8. The van der Waals surface area contributed by atoms with Gasteiger partial charge in [-0.1, -0.05) is 42.5 Å². The number of carbonyl (C=O) groups is 1. The molecule has 1 N–H and O–H groups in total. The minimum Gasteiger partial charge on any atom is -0.471 e. The number of amides is 1. The molecule has 0 saturated carbocycles. The average molecular weight is 441 g/mol. The molecule has 4 aromatic rings. The molecule has 3 aromatic carbocycles. The second-order valence-corrected chi connectivity index (χ2v) is 8.01. The first-order valence-corrected chi connectivity index (χ1v) is 11.0. The Morgan fingerprint density at radius 3 is 2.39 bits per heavy atom. The fourth-order valence-corrected chi connectivity index (χ4v) is 4.13. The van der Waals surface area contributed by atoms with Crippen LogP contribution in [0.5, 0.6) is 5.88 Å². The van der Waals surface area contributed by atoms with Crippen LogP contribution in [0.1, 0.15) is 15.9 Å². The van der Waals surface area contributed by atoms with Gasteiger partial charge in [0.1, 0.15) is 6.61 Å². The van der Waals surface area contributed by atoms with Gasteiger partial charge in [-0.15, -0.1) is 5.10 Å². The highest BCUT2D eigenvalue weighted by Crippen LogP contribution is 2.21. The van der Waals surface area contributed by atoms with E-state index in [1.54, 1.807) is 12.1 Å². The Hall–Kier alpha value is -4.13. The van der Waals surface area contributed by atoms with Crippen molar-refractivity contribution in [1.29, 1.82) is 0 Å². The summed E-state index contributed by atoms with van der Waals surface area (Å²) < 4.78 is 5.89. The van der Waals surface area contributed by atoms with Gasteiger partial charge >= 0.3 is 0 Å². The van der Waals surface area contributed by atoms with Crippen molar-refractivity contribution in [3.63, 3.8) is 0 Å². The van der Waals surface area contributed by atoms with Crippen molar-refractivity contribution in [1.82, 2.24) is 15.1 Å². The van der Waals surface area contributed by atoms with E-state index in [4.69, 9.17) is 4.74 Å². The molecule has 7 heteroatoms. The minimum atomic E-state index is -0.252. The summed E-state index contributed by atoms with van der Waals surface area (Å²) in [5.74, 6) is 0.385. The van der Waals surface area contributed by atoms with Crippen molar-refractivity contribution >= 4 is 22.4 Å². The standard InChI is InChI=1S/C26H24N4O3/c31-24-22-11-4-5-12-23(22)25(28-27-24)33-18-19-7-6-8-20(17-19)26(32)30-15-13-29(14-16-30)21-9-2-1-3-10-21/h1-12,17H,13-16,18H2,(H,27,31). The summed E-state index contributed by atoms with van der Waals surface area (Å²) in [5, 5.41) is 7.70. The van der Waals surface area contributed by atoms with E-state index >= 15 is 0 Å². The van der Waals surface area contributed by atoms with Crippen LogP contribution in [0.4, 0.5) is 5.69 Å². The maximum Gasteiger partial charge on any atom is 0.272 e. The maximum absolute atomic E-state index is 13.1. The van der Waals surface area contributed by atoms with Crippen molar-refractivity contribution in [3.8, 4) is 5.88 Å². The molecule has 0 bridgehead atoms. The van der Waals surface area contributed by atoms with Crippen LogP contribution in [0, 0.1) is 0 Å². The van der Waals surface area contributed by atoms with E-state index in [9.17, 15) is 9.59 Å². The van der Waals surface area contributed by atoms with E-state index in [1.807, 2.05) is 59.5 Å². The average Bonchev–Trinajstić information content (AvgIpc) is 2.89. The van der Waals surface area contributed by atoms with E-state index in [0.717, 1.165) is 18.7 Å². The van der Waals surface area contributed by atoms with Crippen LogP contribution in [-0.4, -0.2) is 47.2 Å². The maximum atomic E-state index is 13.1. The van der Waals surface area contributed by atoms with E-state index in [1.165, 1.54) is 5.69 Å². The van der Waals surface area contributed by atoms with Gasteiger partial charge in [-0.05, 0) is 42.0 Å². The lowest BCUT2D eigenvalue weighted by Crippen LogP contribution is -2.48. The van der Waals surface area contributed by atoms with E-state index in [2.05, 4.69) is 27.2 Å². The van der Waals surface area contributed by atoms with Crippen molar-refractivity contribution in [2.75, 3.05) is 31.1 Å². The van der Waals surface area contributed by atoms with E-state index in [-0.39, 0.29) is 18.1 Å². The van der Waals surface area contributed by atoms with Crippen LogP contribution in [0.2, 0.25) is 0 Å². The van der Waals surface area contributed by atoms with Crippen LogP contribution in [0.25, 0.3) is 10.8 Å². The Balaban J connectivity index is 1.25. The van der Waals surface area contributed by atoms with Gasteiger partial charge in [0.05, 0.1) is 10.8 Å². The Bertz CT molecular complexity index is 1330. The number of nitrogens with zero attached hydrogens (tertiary/aromatic N) is 3. The summed E-state index contributed by atoms with van der Waals surface area (Å²) in [6.45, 7) is 3.22. The number of carbonyl (C=O) groups excluding carboxylic acids is 1. The summed E-state index contributed by atoms with van der Waals surface area (Å²) in [6, 6.07) is 24.9. The number of para-hydroxylation sites is 1. The van der Waals surface area contributed by atoms with Gasteiger partial charge in [0.2, 0.25) is 5.88 Å². The molecular formula is C26H24N4O3. The number of fused-ring (bicyclic) bond motifs is 1. The van der Waals surface area contributed by atoms with E-state index in [0.29, 0.717) is 35.3 Å². The number of rotatable bonds is 5.